The monoisotopic (exact) mass is 214 g/mol. The number of nitrogens with one attached hydrogen (secondary N) is 2. The molecule has 1 aromatic rings. The molecule has 0 aromatic carbocycles. The van der Waals surface area contributed by atoms with Crippen molar-refractivity contribution in [2.75, 3.05) is 14.1 Å². The summed E-state index contributed by atoms with van der Waals surface area (Å²) >= 11 is 4.66. The van der Waals surface area contributed by atoms with E-state index in [0.29, 0.717) is 0 Å². The normalized spacial score (nSPS) is 10.7. The van der Waals surface area contributed by atoms with Crippen molar-refractivity contribution in [3.63, 3.8) is 0 Å². The molecule has 0 atom stereocenters. The van der Waals surface area contributed by atoms with E-state index in [4.69, 9.17) is 0 Å². The third kappa shape index (κ3) is 2.43. The molecule has 76 valence electrons. The summed E-state index contributed by atoms with van der Waals surface area (Å²) in [6, 6.07) is 0. The van der Waals surface area contributed by atoms with Gasteiger partial charge in [0.2, 0.25) is 5.88 Å². The lowest BCUT2D eigenvalue weighted by Crippen LogP contribution is -2.14. The van der Waals surface area contributed by atoms with Crippen molar-refractivity contribution in [2.45, 2.75) is 0 Å². The Morgan fingerprint density at radius 3 is 2.64 bits per heavy atom. The Bertz CT molecular complexity index is 459. The maximum Gasteiger partial charge on any atom is 0.264 e. The highest BCUT2D eigenvalue weighted by atomic mass is 32.1. The first-order valence-corrected chi connectivity index (χ1v) is 4.18. The van der Waals surface area contributed by atoms with Gasteiger partial charge in [0, 0.05) is 14.1 Å². The van der Waals surface area contributed by atoms with Gasteiger partial charge in [0.15, 0.2) is 4.77 Å². The molecule has 0 aliphatic heterocycles. The summed E-state index contributed by atoms with van der Waals surface area (Å²) in [5, 5.41) is 14.7. The predicted molar refractivity (Wildman–Crippen MR) is 55.2 cm³/mol. The zero-order chi connectivity index (χ0) is 10.7. The third-order valence-electron chi connectivity index (χ3n) is 1.38. The molecule has 0 saturated heterocycles. The van der Waals surface area contributed by atoms with Gasteiger partial charge in [-0.15, -0.1) is 0 Å². The van der Waals surface area contributed by atoms with Gasteiger partial charge in [-0.05, 0) is 12.2 Å². The summed E-state index contributed by atoms with van der Waals surface area (Å²) in [7, 11) is 3.40. The molecule has 0 aliphatic rings. The lowest BCUT2D eigenvalue weighted by Gasteiger charge is -2.02. The molecular weight excluding hydrogens is 204 g/mol. The standard InChI is InChI=1S/C7H10N4O2S/c1-11(2)8-3-4-5(12)9-7(14)10-6(4)13/h3H,1-2H3,(H3,9,10,12,13,14)/b8-3+. The van der Waals surface area contributed by atoms with E-state index in [1.54, 1.807) is 14.1 Å². The summed E-state index contributed by atoms with van der Waals surface area (Å²) in [4.78, 5) is 16.0. The lowest BCUT2D eigenvalue weighted by molar-refractivity contribution is 0.436. The summed E-state index contributed by atoms with van der Waals surface area (Å²) < 4.78 is 0.0782. The average molecular weight is 214 g/mol. The smallest absolute Gasteiger partial charge is 0.264 e. The number of rotatable bonds is 2. The SMILES string of the molecule is CN(C)/N=C/c1c(O)[nH]c(=S)[nH]c1=O. The number of aromatic hydroxyl groups is 1. The lowest BCUT2D eigenvalue weighted by atomic mass is 10.3. The van der Waals surface area contributed by atoms with Crippen molar-refractivity contribution < 1.29 is 5.11 Å². The first kappa shape index (κ1) is 10.5. The average Bonchev–Trinajstić information content (AvgIpc) is 2.01. The quantitative estimate of drug-likeness (QED) is 0.368. The molecule has 0 unspecified atom stereocenters. The molecule has 0 spiro atoms. The van der Waals surface area contributed by atoms with Crippen molar-refractivity contribution >= 4 is 18.4 Å². The highest BCUT2D eigenvalue weighted by Gasteiger charge is 2.03. The predicted octanol–water partition coefficient (Wildman–Crippen LogP) is 0.0336. The van der Waals surface area contributed by atoms with E-state index in [-0.39, 0.29) is 16.2 Å². The van der Waals surface area contributed by atoms with E-state index in [0.717, 1.165) is 0 Å². The van der Waals surface area contributed by atoms with Gasteiger partial charge in [-0.3, -0.25) is 9.78 Å². The number of hydrazone groups is 1. The van der Waals surface area contributed by atoms with Crippen LogP contribution < -0.4 is 5.56 Å². The number of aromatic amines is 2. The largest absolute Gasteiger partial charge is 0.494 e. The number of aromatic nitrogens is 2. The zero-order valence-corrected chi connectivity index (χ0v) is 8.55. The molecule has 0 aliphatic carbocycles. The molecular formula is C7H10N4O2S. The maximum atomic E-state index is 11.3. The van der Waals surface area contributed by atoms with E-state index < -0.39 is 5.56 Å². The van der Waals surface area contributed by atoms with Gasteiger partial charge < -0.3 is 15.1 Å². The highest BCUT2D eigenvalue weighted by Crippen LogP contribution is 2.03. The number of nitrogens with zero attached hydrogens (tertiary/aromatic N) is 2. The van der Waals surface area contributed by atoms with E-state index in [2.05, 4.69) is 27.3 Å². The maximum absolute atomic E-state index is 11.3. The summed E-state index contributed by atoms with van der Waals surface area (Å²) in [5.41, 5.74) is -0.427. The Hall–Kier alpha value is -1.63. The number of hydrogen-bond donors (Lipinski definition) is 3. The van der Waals surface area contributed by atoms with Gasteiger partial charge in [-0.25, -0.2) is 0 Å². The fraction of sp³-hybridized carbons (Fsp3) is 0.286. The Morgan fingerprint density at radius 2 is 2.14 bits per heavy atom. The minimum Gasteiger partial charge on any atom is -0.494 e. The van der Waals surface area contributed by atoms with E-state index in [1.807, 2.05) is 0 Å². The fourth-order valence-electron chi connectivity index (χ4n) is 0.777. The highest BCUT2D eigenvalue weighted by molar-refractivity contribution is 7.71. The van der Waals surface area contributed by atoms with E-state index in [9.17, 15) is 9.90 Å². The van der Waals surface area contributed by atoms with Crippen LogP contribution in [0.25, 0.3) is 0 Å². The van der Waals surface area contributed by atoms with Gasteiger partial charge in [0.1, 0.15) is 5.56 Å². The van der Waals surface area contributed by atoms with Gasteiger partial charge in [0.25, 0.3) is 5.56 Å². The first-order valence-electron chi connectivity index (χ1n) is 3.77. The molecule has 1 rings (SSSR count). The van der Waals surface area contributed by atoms with Crippen LogP contribution in [0.5, 0.6) is 5.88 Å². The Morgan fingerprint density at radius 1 is 1.50 bits per heavy atom. The number of H-pyrrole nitrogens is 2. The molecule has 14 heavy (non-hydrogen) atoms. The molecule has 1 aromatic heterocycles. The van der Waals surface area contributed by atoms with Crippen molar-refractivity contribution in [1.82, 2.24) is 15.0 Å². The van der Waals surface area contributed by atoms with Crippen LogP contribution in [-0.4, -0.2) is 40.4 Å². The summed E-state index contributed by atoms with van der Waals surface area (Å²) in [6.45, 7) is 0. The fourth-order valence-corrected chi connectivity index (χ4v) is 0.966. The minimum absolute atomic E-state index is 0.0484. The van der Waals surface area contributed by atoms with Crippen LogP contribution in [0.4, 0.5) is 0 Å². The van der Waals surface area contributed by atoms with Crippen molar-refractivity contribution in [3.8, 4) is 5.88 Å². The molecule has 6 nitrogen and oxygen atoms in total. The van der Waals surface area contributed by atoms with Crippen LogP contribution in [0.1, 0.15) is 5.56 Å². The Balaban J connectivity index is 3.22. The number of hydrogen-bond acceptors (Lipinski definition) is 5. The van der Waals surface area contributed by atoms with Gasteiger partial charge in [0.05, 0.1) is 6.21 Å². The van der Waals surface area contributed by atoms with Crippen molar-refractivity contribution in [2.24, 2.45) is 5.10 Å². The van der Waals surface area contributed by atoms with Crippen LogP contribution in [0, 0.1) is 4.77 Å². The van der Waals surface area contributed by atoms with Crippen LogP contribution in [0.3, 0.4) is 0 Å². The molecule has 0 amide bonds. The van der Waals surface area contributed by atoms with Gasteiger partial charge in [-0.2, -0.15) is 5.10 Å². The third-order valence-corrected chi connectivity index (χ3v) is 1.58. The second-order valence-electron chi connectivity index (χ2n) is 2.76. The van der Waals surface area contributed by atoms with Crippen LogP contribution in [0.2, 0.25) is 0 Å². The van der Waals surface area contributed by atoms with Crippen LogP contribution in [0.15, 0.2) is 9.90 Å². The molecule has 3 N–H and O–H groups in total. The van der Waals surface area contributed by atoms with Crippen LogP contribution in [-0.2, 0) is 0 Å². The summed E-state index contributed by atoms with van der Waals surface area (Å²) in [6.07, 6.45) is 1.25. The van der Waals surface area contributed by atoms with Gasteiger partial charge in [-0.1, -0.05) is 0 Å². The minimum atomic E-state index is -0.475. The van der Waals surface area contributed by atoms with Crippen LogP contribution >= 0.6 is 12.2 Å². The Labute approximate surface area is 84.9 Å². The molecule has 0 radical (unpaired) electrons. The van der Waals surface area contributed by atoms with E-state index in [1.165, 1.54) is 11.2 Å². The zero-order valence-electron chi connectivity index (χ0n) is 7.74. The second-order valence-corrected chi connectivity index (χ2v) is 3.17. The van der Waals surface area contributed by atoms with Gasteiger partial charge >= 0.3 is 0 Å². The van der Waals surface area contributed by atoms with Crippen molar-refractivity contribution in [3.05, 3.63) is 20.7 Å². The molecule has 0 bridgehead atoms. The second kappa shape index (κ2) is 4.05. The first-order chi connectivity index (χ1) is 6.50. The molecule has 7 heteroatoms. The van der Waals surface area contributed by atoms with Crippen molar-refractivity contribution in [1.29, 1.82) is 0 Å². The van der Waals surface area contributed by atoms with E-state index >= 15 is 0 Å². The molecule has 0 saturated carbocycles. The molecule has 0 fully saturated rings. The molecule has 1 heterocycles. The Kier molecular flexibility index (Phi) is 3.03. The topological polar surface area (TPSA) is 84.5 Å². The summed E-state index contributed by atoms with van der Waals surface area (Å²) in [5.74, 6) is -0.288.